The highest BCUT2D eigenvalue weighted by Gasteiger charge is 2.60. The summed E-state index contributed by atoms with van der Waals surface area (Å²) in [5, 5.41) is 0. The molecule has 0 spiro atoms. The van der Waals surface area contributed by atoms with Gasteiger partial charge in [-0.2, -0.15) is 4.31 Å². The molecule has 1 aromatic heterocycles. The Hall–Kier alpha value is -2.63. The number of fused-ring (bicyclic) bond motifs is 2. The molecule has 0 bridgehead atoms. The Bertz CT molecular complexity index is 1450. The predicted octanol–water partition coefficient (Wildman–Crippen LogP) is 4.92. The summed E-state index contributed by atoms with van der Waals surface area (Å²) in [7, 11) is -2.43. The topological polar surface area (TPSA) is 79.8 Å². The molecule has 3 fully saturated rings. The average Bonchev–Trinajstić information content (AvgIpc) is 3.32. The van der Waals surface area contributed by atoms with Gasteiger partial charge in [0.1, 0.15) is 11.8 Å². The molecule has 1 saturated heterocycles. The molecule has 2 aliphatic carbocycles. The minimum atomic E-state index is -3.94. The van der Waals surface area contributed by atoms with E-state index in [1.165, 1.54) is 34.9 Å². The number of hydrogen-bond acceptors (Lipinski definition) is 6. The molecule has 3 atom stereocenters. The van der Waals surface area contributed by atoms with Crippen LogP contribution in [0.2, 0.25) is 0 Å². The van der Waals surface area contributed by atoms with Crippen LogP contribution in [0.4, 0.5) is 8.78 Å². The highest BCUT2D eigenvalue weighted by atomic mass is 32.2. The molecule has 0 radical (unpaired) electrons. The van der Waals surface area contributed by atoms with Crippen molar-refractivity contribution in [3.05, 3.63) is 53.5 Å². The molecule has 2 heterocycles. The van der Waals surface area contributed by atoms with Crippen molar-refractivity contribution in [2.45, 2.75) is 61.6 Å². The number of amides is 1. The van der Waals surface area contributed by atoms with Crippen LogP contribution >= 0.6 is 11.3 Å². The minimum absolute atomic E-state index is 0.0518. The maximum Gasteiger partial charge on any atom is 0.248 e. The first-order valence-electron chi connectivity index (χ1n) is 12.8. The molecule has 38 heavy (non-hydrogen) atoms. The molecule has 2 saturated carbocycles. The van der Waals surface area contributed by atoms with Gasteiger partial charge >= 0.3 is 0 Å². The number of carbonyl (C=O) groups excluding carboxylic acids is 1. The van der Waals surface area contributed by atoms with Gasteiger partial charge in [0.2, 0.25) is 21.9 Å². The highest BCUT2D eigenvalue weighted by molar-refractivity contribution is 7.89. The van der Waals surface area contributed by atoms with Crippen molar-refractivity contribution < 1.29 is 26.7 Å². The predicted molar refractivity (Wildman–Crippen MR) is 140 cm³/mol. The smallest absolute Gasteiger partial charge is 0.248 e. The van der Waals surface area contributed by atoms with Gasteiger partial charge in [-0.3, -0.25) is 4.79 Å². The first kappa shape index (κ1) is 25.6. The second-order valence-electron chi connectivity index (χ2n) is 10.6. The van der Waals surface area contributed by atoms with Crippen molar-refractivity contribution in [1.29, 1.82) is 0 Å². The summed E-state index contributed by atoms with van der Waals surface area (Å²) in [6.07, 6.45) is 0.605. The number of piperidine rings is 1. The molecule has 7 nitrogen and oxygen atoms in total. The average molecular weight is 562 g/mol. The molecule has 2 aromatic carbocycles. The summed E-state index contributed by atoms with van der Waals surface area (Å²) < 4.78 is 62.9. The molecule has 1 amide bonds. The summed E-state index contributed by atoms with van der Waals surface area (Å²) >= 11 is 1.52. The number of carbonyl (C=O) groups is 1. The van der Waals surface area contributed by atoms with E-state index < -0.39 is 22.0 Å². The zero-order chi connectivity index (χ0) is 26.7. The quantitative estimate of drug-likeness (QED) is 0.409. The van der Waals surface area contributed by atoms with Gasteiger partial charge in [-0.15, -0.1) is 11.3 Å². The Labute approximate surface area is 224 Å². The number of methoxy groups -OCH3 is 1. The number of rotatable bonds is 7. The fraction of sp³-hybridized carbons (Fsp3) is 0.481. The zero-order valence-electron chi connectivity index (χ0n) is 20.9. The lowest BCUT2D eigenvalue weighted by atomic mass is 9.90. The number of hydrogen-bond donors (Lipinski definition) is 0. The van der Waals surface area contributed by atoms with Gasteiger partial charge < -0.3 is 9.64 Å². The van der Waals surface area contributed by atoms with Crippen LogP contribution in [0.25, 0.3) is 10.2 Å². The number of halogens is 2. The van der Waals surface area contributed by atoms with E-state index in [1.54, 1.807) is 22.5 Å². The van der Waals surface area contributed by atoms with Crippen LogP contribution in [0.15, 0.2) is 52.9 Å². The Morgan fingerprint density at radius 3 is 2.63 bits per heavy atom. The van der Waals surface area contributed by atoms with Gasteiger partial charge in [-0.05, 0) is 73.1 Å². The molecule has 11 heteroatoms. The molecular weight excluding hydrogens is 532 g/mol. The molecule has 0 unspecified atom stereocenters. The summed E-state index contributed by atoms with van der Waals surface area (Å²) in [6.45, 7) is 0.518. The maximum absolute atomic E-state index is 14.2. The van der Waals surface area contributed by atoms with Gasteiger partial charge in [0.05, 0.1) is 27.7 Å². The molecule has 6 rings (SSSR count). The first-order chi connectivity index (χ1) is 18.2. The fourth-order valence-electron chi connectivity index (χ4n) is 5.95. The summed E-state index contributed by atoms with van der Waals surface area (Å²) in [4.78, 5) is 20.4. The lowest BCUT2D eigenvalue weighted by Crippen LogP contribution is -2.53. The van der Waals surface area contributed by atoms with E-state index >= 15 is 0 Å². The van der Waals surface area contributed by atoms with E-state index in [9.17, 15) is 22.0 Å². The Balaban J connectivity index is 1.31. The monoisotopic (exact) mass is 561 g/mol. The normalized spacial score (nSPS) is 25.3. The summed E-state index contributed by atoms with van der Waals surface area (Å²) in [5.41, 5.74) is 3.43. The Morgan fingerprint density at radius 2 is 1.92 bits per heavy atom. The second-order valence-corrected chi connectivity index (χ2v) is 13.3. The number of alkyl halides is 2. The number of sulfonamides is 1. The van der Waals surface area contributed by atoms with Crippen molar-refractivity contribution >= 4 is 37.5 Å². The van der Waals surface area contributed by atoms with Gasteiger partial charge in [0.15, 0.2) is 0 Å². The van der Waals surface area contributed by atoms with E-state index in [1.807, 2.05) is 18.2 Å². The standard InChI is InChI=1S/C27H29F2N3O4S2/c1-36-20-3-5-21(6-4-20)38(34,35)32-15-18-13-22(18)25(32)26(33)31(19-8-10-27(28,29)11-9-19)14-17-2-7-24-23(12-17)30-16-37-24/h2-7,12,16,18-19,22,25H,8-11,13-15H2,1H3/t18-,22-,25-/m1/s1. The number of ether oxygens (including phenoxy) is 1. The number of nitrogens with zero attached hydrogens (tertiary/aromatic N) is 3. The summed E-state index contributed by atoms with van der Waals surface area (Å²) in [6, 6.07) is 10.7. The number of aromatic nitrogens is 1. The molecule has 3 aromatic rings. The first-order valence-corrected chi connectivity index (χ1v) is 15.1. The van der Waals surface area contributed by atoms with Gasteiger partial charge in [0.25, 0.3) is 0 Å². The third kappa shape index (κ3) is 4.69. The minimum Gasteiger partial charge on any atom is -0.497 e. The lowest BCUT2D eigenvalue weighted by molar-refractivity contribution is -0.141. The van der Waals surface area contributed by atoms with Crippen molar-refractivity contribution in [2.75, 3.05) is 13.7 Å². The van der Waals surface area contributed by atoms with Gasteiger partial charge in [0, 0.05) is 32.0 Å². The fourth-order valence-corrected chi connectivity index (χ4v) is 8.30. The Morgan fingerprint density at radius 1 is 1.18 bits per heavy atom. The van der Waals surface area contributed by atoms with Crippen LogP contribution in [-0.4, -0.2) is 60.2 Å². The molecular formula is C27H29F2N3O4S2. The zero-order valence-corrected chi connectivity index (χ0v) is 22.6. The lowest BCUT2D eigenvalue weighted by Gasteiger charge is -2.39. The van der Waals surface area contributed by atoms with Crippen LogP contribution in [0.3, 0.4) is 0 Å². The third-order valence-electron chi connectivity index (χ3n) is 8.18. The second kappa shape index (κ2) is 9.53. The maximum atomic E-state index is 14.2. The number of thiazole rings is 1. The van der Waals surface area contributed by atoms with Crippen molar-refractivity contribution in [3.8, 4) is 5.75 Å². The molecule has 3 aliphatic rings. The van der Waals surface area contributed by atoms with Crippen molar-refractivity contribution in [2.24, 2.45) is 11.8 Å². The van der Waals surface area contributed by atoms with E-state index in [-0.39, 0.29) is 67.5 Å². The van der Waals surface area contributed by atoms with E-state index in [2.05, 4.69) is 4.98 Å². The largest absolute Gasteiger partial charge is 0.497 e. The number of benzene rings is 2. The van der Waals surface area contributed by atoms with Crippen LogP contribution in [0.5, 0.6) is 5.75 Å². The molecule has 202 valence electrons. The van der Waals surface area contributed by atoms with Gasteiger partial charge in [-0.1, -0.05) is 6.07 Å². The molecule has 0 N–H and O–H groups in total. The van der Waals surface area contributed by atoms with Crippen molar-refractivity contribution in [1.82, 2.24) is 14.2 Å². The summed E-state index contributed by atoms with van der Waals surface area (Å²) in [5.74, 6) is -2.40. The Kier molecular flexibility index (Phi) is 6.43. The SMILES string of the molecule is COc1ccc(S(=O)(=O)N2C[C@H]3C[C@H]3[C@@H]2C(=O)N(Cc2ccc3scnc3c2)C2CCC(F)(F)CC2)cc1. The molecule has 1 aliphatic heterocycles. The highest BCUT2D eigenvalue weighted by Crippen LogP contribution is 2.52. The van der Waals surface area contributed by atoms with Gasteiger partial charge in [-0.25, -0.2) is 22.2 Å². The van der Waals surface area contributed by atoms with Crippen LogP contribution in [0.1, 0.15) is 37.7 Å². The van der Waals surface area contributed by atoms with E-state index in [4.69, 9.17) is 4.74 Å². The van der Waals surface area contributed by atoms with Crippen LogP contribution < -0.4 is 4.74 Å². The van der Waals surface area contributed by atoms with Crippen LogP contribution in [-0.2, 0) is 21.4 Å². The van der Waals surface area contributed by atoms with Crippen molar-refractivity contribution in [3.63, 3.8) is 0 Å². The third-order valence-corrected chi connectivity index (χ3v) is 10.9. The van der Waals surface area contributed by atoms with Crippen LogP contribution in [0, 0.1) is 11.8 Å². The van der Waals surface area contributed by atoms with E-state index in [0.717, 1.165) is 22.2 Å². The van der Waals surface area contributed by atoms with E-state index in [0.29, 0.717) is 5.75 Å².